The van der Waals surface area contributed by atoms with Crippen molar-refractivity contribution in [1.29, 1.82) is 0 Å². The van der Waals surface area contributed by atoms with E-state index in [1.54, 1.807) is 6.92 Å². The molecule has 0 aromatic heterocycles. The summed E-state index contributed by atoms with van der Waals surface area (Å²) in [7, 11) is 0. The van der Waals surface area contributed by atoms with Crippen molar-refractivity contribution in [2.45, 2.75) is 53.1 Å². The maximum atomic E-state index is 12.2. The number of ether oxygens (including phenoxy) is 2. The molecule has 1 atom stereocenters. The highest BCUT2D eigenvalue weighted by Gasteiger charge is 2.16. The highest BCUT2D eigenvalue weighted by molar-refractivity contribution is 6.32. The normalized spacial score (nSPS) is 12.4. The molecule has 2 rings (SSSR count). The minimum atomic E-state index is -0.606. The molecule has 0 saturated heterocycles. The number of nitrogens with one attached hydrogen (secondary N) is 1. The molecule has 0 heterocycles. The maximum Gasteiger partial charge on any atom is 0.260 e. The van der Waals surface area contributed by atoms with Gasteiger partial charge in [0.05, 0.1) is 6.54 Å². The topological polar surface area (TPSA) is 47.6 Å². The van der Waals surface area contributed by atoms with Crippen molar-refractivity contribution in [3.05, 3.63) is 58.1 Å². The van der Waals surface area contributed by atoms with E-state index in [2.05, 4.69) is 38.2 Å². The lowest BCUT2D eigenvalue weighted by Gasteiger charge is -2.19. The molecule has 0 spiro atoms. The SMILES string of the molecule is Cc1cc(O[C@@H](C)C(=O)NCCOc2ccc(C(C)(C)C)cc2)cc(C)c1Cl. The third-order valence-electron chi connectivity index (χ3n) is 4.48. The molecule has 0 bridgehead atoms. The van der Waals surface area contributed by atoms with E-state index >= 15 is 0 Å². The highest BCUT2D eigenvalue weighted by atomic mass is 35.5. The molecule has 1 N–H and O–H groups in total. The second-order valence-electron chi connectivity index (χ2n) is 8.04. The Balaban J connectivity index is 1.77. The fourth-order valence-corrected chi connectivity index (χ4v) is 2.88. The summed E-state index contributed by atoms with van der Waals surface area (Å²) >= 11 is 6.17. The Hall–Kier alpha value is -2.20. The molecule has 0 aliphatic rings. The zero-order valence-electron chi connectivity index (χ0n) is 17.6. The van der Waals surface area contributed by atoms with Gasteiger partial charge >= 0.3 is 0 Å². The van der Waals surface area contributed by atoms with Crippen LogP contribution in [0.2, 0.25) is 5.02 Å². The highest BCUT2D eigenvalue weighted by Crippen LogP contribution is 2.26. The summed E-state index contributed by atoms with van der Waals surface area (Å²) in [4.78, 5) is 12.2. The Labute approximate surface area is 173 Å². The van der Waals surface area contributed by atoms with E-state index in [1.807, 2.05) is 38.1 Å². The number of carbonyl (C=O) groups is 1. The first kappa shape index (κ1) is 22.1. The number of aryl methyl sites for hydroxylation is 2. The Kier molecular flexibility index (Phi) is 7.36. The average molecular weight is 404 g/mol. The van der Waals surface area contributed by atoms with Gasteiger partial charge in [0.25, 0.3) is 5.91 Å². The minimum absolute atomic E-state index is 0.115. The zero-order chi connectivity index (χ0) is 20.9. The smallest absolute Gasteiger partial charge is 0.260 e. The Morgan fingerprint density at radius 2 is 1.64 bits per heavy atom. The Morgan fingerprint density at radius 3 is 2.18 bits per heavy atom. The molecule has 2 aromatic rings. The second-order valence-corrected chi connectivity index (χ2v) is 8.42. The van der Waals surface area contributed by atoms with Gasteiger partial charge in [-0.1, -0.05) is 44.5 Å². The second kappa shape index (κ2) is 9.33. The first-order chi connectivity index (χ1) is 13.1. The predicted molar refractivity (Wildman–Crippen MR) is 115 cm³/mol. The Morgan fingerprint density at radius 1 is 1.07 bits per heavy atom. The lowest BCUT2D eigenvalue weighted by atomic mass is 9.87. The molecule has 0 aliphatic heterocycles. The van der Waals surface area contributed by atoms with E-state index in [1.165, 1.54) is 5.56 Å². The van der Waals surface area contributed by atoms with Crippen LogP contribution in [0.3, 0.4) is 0 Å². The van der Waals surface area contributed by atoms with Gasteiger partial charge in [-0.2, -0.15) is 0 Å². The minimum Gasteiger partial charge on any atom is -0.492 e. The van der Waals surface area contributed by atoms with Crippen LogP contribution in [0.1, 0.15) is 44.4 Å². The largest absolute Gasteiger partial charge is 0.492 e. The van der Waals surface area contributed by atoms with Crippen molar-refractivity contribution in [2.24, 2.45) is 0 Å². The van der Waals surface area contributed by atoms with Gasteiger partial charge < -0.3 is 14.8 Å². The molecule has 0 saturated carbocycles. The number of benzene rings is 2. The van der Waals surface area contributed by atoms with Crippen molar-refractivity contribution in [1.82, 2.24) is 5.32 Å². The summed E-state index contributed by atoms with van der Waals surface area (Å²) in [5, 5.41) is 3.55. The van der Waals surface area contributed by atoms with Crippen molar-refractivity contribution in [3.8, 4) is 11.5 Å². The van der Waals surface area contributed by atoms with Gasteiger partial charge in [0.1, 0.15) is 18.1 Å². The van der Waals surface area contributed by atoms with Crippen LogP contribution in [-0.4, -0.2) is 25.2 Å². The van der Waals surface area contributed by atoms with Crippen LogP contribution in [0.5, 0.6) is 11.5 Å². The molecule has 1 amide bonds. The van der Waals surface area contributed by atoms with E-state index in [0.717, 1.165) is 21.9 Å². The predicted octanol–water partition coefficient (Wildman–Crippen LogP) is 5.22. The fraction of sp³-hybridized carbons (Fsp3) is 0.435. The Bertz CT molecular complexity index is 787. The summed E-state index contributed by atoms with van der Waals surface area (Å²) in [6.07, 6.45) is -0.606. The molecular weight excluding hydrogens is 374 g/mol. The van der Waals surface area contributed by atoms with Gasteiger partial charge in [0, 0.05) is 5.02 Å². The maximum absolute atomic E-state index is 12.2. The molecule has 5 heteroatoms. The van der Waals surface area contributed by atoms with Crippen molar-refractivity contribution < 1.29 is 14.3 Å². The quantitative estimate of drug-likeness (QED) is 0.645. The van der Waals surface area contributed by atoms with E-state index < -0.39 is 6.10 Å². The van der Waals surface area contributed by atoms with E-state index in [0.29, 0.717) is 18.9 Å². The molecule has 2 aromatic carbocycles. The average Bonchev–Trinajstić information content (AvgIpc) is 2.62. The standard InChI is InChI=1S/C23H30ClNO3/c1-15-13-20(14-16(2)21(15)24)28-17(3)22(26)25-11-12-27-19-9-7-18(8-10-19)23(4,5)6/h7-10,13-14,17H,11-12H2,1-6H3,(H,25,26)/t17-/m0/s1. The van der Waals surface area contributed by atoms with Crippen molar-refractivity contribution in [3.63, 3.8) is 0 Å². The molecule has 0 aliphatic carbocycles. The first-order valence-corrected chi connectivity index (χ1v) is 9.90. The van der Waals surface area contributed by atoms with Crippen LogP contribution >= 0.6 is 11.6 Å². The van der Waals surface area contributed by atoms with Gasteiger partial charge in [-0.25, -0.2) is 0 Å². The monoisotopic (exact) mass is 403 g/mol. The first-order valence-electron chi connectivity index (χ1n) is 9.52. The van der Waals surface area contributed by atoms with Gasteiger partial charge in [-0.15, -0.1) is 0 Å². The summed E-state index contributed by atoms with van der Waals surface area (Å²) in [5.74, 6) is 1.24. The van der Waals surface area contributed by atoms with Crippen LogP contribution < -0.4 is 14.8 Å². The lowest BCUT2D eigenvalue weighted by molar-refractivity contribution is -0.127. The molecule has 152 valence electrons. The fourth-order valence-electron chi connectivity index (χ4n) is 2.77. The zero-order valence-corrected chi connectivity index (χ0v) is 18.3. The third-order valence-corrected chi connectivity index (χ3v) is 5.08. The van der Waals surface area contributed by atoms with Gasteiger partial charge in [-0.3, -0.25) is 4.79 Å². The number of amides is 1. The number of carbonyl (C=O) groups excluding carboxylic acids is 1. The number of rotatable bonds is 7. The van der Waals surface area contributed by atoms with Gasteiger partial charge in [0.2, 0.25) is 0 Å². The van der Waals surface area contributed by atoms with E-state index in [4.69, 9.17) is 21.1 Å². The van der Waals surface area contributed by atoms with Crippen LogP contribution in [0.25, 0.3) is 0 Å². The molecule has 0 unspecified atom stereocenters. The summed E-state index contributed by atoms with van der Waals surface area (Å²) in [6.45, 7) is 12.9. The van der Waals surface area contributed by atoms with Crippen LogP contribution in [0.15, 0.2) is 36.4 Å². The van der Waals surface area contributed by atoms with Crippen LogP contribution in [0, 0.1) is 13.8 Å². The summed E-state index contributed by atoms with van der Waals surface area (Å²) < 4.78 is 11.4. The molecule has 0 fully saturated rings. The van der Waals surface area contributed by atoms with E-state index in [9.17, 15) is 4.79 Å². The van der Waals surface area contributed by atoms with Crippen molar-refractivity contribution >= 4 is 17.5 Å². The van der Waals surface area contributed by atoms with Crippen molar-refractivity contribution in [2.75, 3.05) is 13.2 Å². The number of halogens is 1. The molecule has 4 nitrogen and oxygen atoms in total. The lowest BCUT2D eigenvalue weighted by Crippen LogP contribution is -2.38. The van der Waals surface area contributed by atoms with Gasteiger partial charge in [0.15, 0.2) is 6.10 Å². The number of hydrogen-bond donors (Lipinski definition) is 1. The van der Waals surface area contributed by atoms with Crippen LogP contribution in [0.4, 0.5) is 0 Å². The summed E-state index contributed by atoms with van der Waals surface area (Å²) in [5.41, 5.74) is 3.22. The molecule has 28 heavy (non-hydrogen) atoms. The van der Waals surface area contributed by atoms with E-state index in [-0.39, 0.29) is 11.3 Å². The summed E-state index contributed by atoms with van der Waals surface area (Å²) in [6, 6.07) is 11.7. The third kappa shape index (κ3) is 6.16. The van der Waals surface area contributed by atoms with Crippen LogP contribution in [-0.2, 0) is 10.2 Å². The number of hydrogen-bond acceptors (Lipinski definition) is 3. The molecule has 0 radical (unpaired) electrons. The molecular formula is C23H30ClNO3. The van der Waals surface area contributed by atoms with Gasteiger partial charge in [-0.05, 0) is 67.1 Å².